The molecule has 2 aliphatic rings. The highest BCUT2D eigenvalue weighted by Crippen LogP contribution is 2.20. The van der Waals surface area contributed by atoms with Gasteiger partial charge in [0.25, 0.3) is 0 Å². The van der Waals surface area contributed by atoms with E-state index in [0.29, 0.717) is 24.0 Å². The van der Waals surface area contributed by atoms with E-state index in [-0.39, 0.29) is 36.5 Å². The maximum absolute atomic E-state index is 13.1. The summed E-state index contributed by atoms with van der Waals surface area (Å²) >= 11 is 6.08. The van der Waals surface area contributed by atoms with Crippen LogP contribution >= 0.6 is 36.4 Å². The summed E-state index contributed by atoms with van der Waals surface area (Å²) in [4.78, 5) is 16.5. The summed E-state index contributed by atoms with van der Waals surface area (Å²) in [6, 6.07) is 4.89. The number of halogens is 4. The van der Waals surface area contributed by atoms with Crippen molar-refractivity contribution in [2.24, 2.45) is 0 Å². The van der Waals surface area contributed by atoms with Crippen LogP contribution in [0.25, 0.3) is 0 Å². The lowest BCUT2D eigenvalue weighted by Crippen LogP contribution is -2.49. The molecule has 2 saturated heterocycles. The minimum absolute atomic E-state index is 0. The Hall–Kier alpha value is -0.590. The fourth-order valence-electron chi connectivity index (χ4n) is 3.32. The zero-order chi connectivity index (χ0) is 16.2. The first-order valence-electron chi connectivity index (χ1n) is 8.29. The third-order valence-electron chi connectivity index (χ3n) is 4.72. The quantitative estimate of drug-likeness (QED) is 0.825. The van der Waals surface area contributed by atoms with E-state index in [1.807, 2.05) is 4.90 Å². The molecule has 2 aliphatic heterocycles. The highest BCUT2D eigenvalue weighted by molar-refractivity contribution is 6.31. The molecule has 0 spiro atoms. The molecule has 0 radical (unpaired) electrons. The van der Waals surface area contributed by atoms with Crippen LogP contribution in [0, 0.1) is 5.82 Å². The highest BCUT2D eigenvalue weighted by Gasteiger charge is 2.25. The molecule has 1 unspecified atom stereocenters. The first-order chi connectivity index (χ1) is 11.1. The highest BCUT2D eigenvalue weighted by atomic mass is 35.5. The minimum atomic E-state index is -0.310. The second kappa shape index (κ2) is 10.5. The lowest BCUT2D eigenvalue weighted by atomic mass is 10.1. The Morgan fingerprint density at radius 1 is 1.24 bits per heavy atom. The van der Waals surface area contributed by atoms with Gasteiger partial charge in [0.2, 0.25) is 5.91 Å². The molecule has 25 heavy (non-hydrogen) atoms. The zero-order valence-electron chi connectivity index (χ0n) is 14.0. The minimum Gasteiger partial charge on any atom is -0.340 e. The van der Waals surface area contributed by atoms with Gasteiger partial charge in [-0.3, -0.25) is 9.69 Å². The van der Waals surface area contributed by atoms with Crippen molar-refractivity contribution in [3.8, 4) is 0 Å². The van der Waals surface area contributed by atoms with E-state index in [2.05, 4.69) is 10.2 Å². The SMILES string of the molecule is Cl.Cl.O=C(CC1CCCN1)N1CCN(Cc2ccc(F)cc2Cl)CC1. The monoisotopic (exact) mass is 411 g/mol. The first-order valence-corrected chi connectivity index (χ1v) is 8.67. The van der Waals surface area contributed by atoms with Gasteiger partial charge >= 0.3 is 0 Å². The maximum Gasteiger partial charge on any atom is 0.224 e. The third kappa shape index (κ3) is 6.26. The van der Waals surface area contributed by atoms with Crippen molar-refractivity contribution in [3.63, 3.8) is 0 Å². The molecule has 142 valence electrons. The lowest BCUT2D eigenvalue weighted by Gasteiger charge is -2.35. The lowest BCUT2D eigenvalue weighted by molar-refractivity contribution is -0.133. The van der Waals surface area contributed by atoms with Gasteiger partial charge in [0.1, 0.15) is 5.82 Å². The van der Waals surface area contributed by atoms with Gasteiger partial charge in [-0.1, -0.05) is 17.7 Å². The van der Waals surface area contributed by atoms with Crippen LogP contribution in [0.5, 0.6) is 0 Å². The van der Waals surface area contributed by atoms with Gasteiger partial charge < -0.3 is 10.2 Å². The van der Waals surface area contributed by atoms with Crippen molar-refractivity contribution in [1.82, 2.24) is 15.1 Å². The average Bonchev–Trinajstić information content (AvgIpc) is 3.04. The molecular formula is C17H25Cl3FN3O. The summed E-state index contributed by atoms with van der Waals surface area (Å²) < 4.78 is 13.1. The molecule has 3 rings (SSSR count). The predicted molar refractivity (Wildman–Crippen MR) is 103 cm³/mol. The van der Waals surface area contributed by atoms with Crippen LogP contribution in [0.15, 0.2) is 18.2 Å². The Balaban J connectivity index is 0.00000156. The van der Waals surface area contributed by atoms with Gasteiger partial charge in [0.05, 0.1) is 0 Å². The molecule has 0 saturated carbocycles. The molecule has 0 aliphatic carbocycles. The molecule has 1 amide bonds. The zero-order valence-corrected chi connectivity index (χ0v) is 16.4. The van der Waals surface area contributed by atoms with Crippen LogP contribution in [-0.2, 0) is 11.3 Å². The summed E-state index contributed by atoms with van der Waals surface area (Å²) in [5, 5.41) is 3.84. The van der Waals surface area contributed by atoms with Crippen LogP contribution in [0.1, 0.15) is 24.8 Å². The van der Waals surface area contributed by atoms with E-state index in [4.69, 9.17) is 11.6 Å². The van der Waals surface area contributed by atoms with Gasteiger partial charge in [0.15, 0.2) is 0 Å². The van der Waals surface area contributed by atoms with Crippen molar-refractivity contribution in [3.05, 3.63) is 34.6 Å². The summed E-state index contributed by atoms with van der Waals surface area (Å²) in [6.45, 7) is 4.90. The Morgan fingerprint density at radius 3 is 2.56 bits per heavy atom. The summed E-state index contributed by atoms with van der Waals surface area (Å²) in [7, 11) is 0. The number of nitrogens with zero attached hydrogens (tertiary/aromatic N) is 2. The molecular weight excluding hydrogens is 388 g/mol. The molecule has 4 nitrogen and oxygen atoms in total. The molecule has 0 bridgehead atoms. The van der Waals surface area contributed by atoms with E-state index < -0.39 is 0 Å². The van der Waals surface area contributed by atoms with Gasteiger partial charge in [-0.15, -0.1) is 24.8 Å². The third-order valence-corrected chi connectivity index (χ3v) is 5.07. The standard InChI is InChI=1S/C17H23ClFN3O.2ClH/c18-16-10-14(19)4-3-13(16)12-21-6-8-22(9-7-21)17(23)11-15-2-1-5-20-15;;/h3-4,10,15,20H,1-2,5-9,11-12H2;2*1H. The van der Waals surface area contributed by atoms with Gasteiger partial charge in [-0.05, 0) is 37.1 Å². The predicted octanol–water partition coefficient (Wildman–Crippen LogP) is 3.11. The summed E-state index contributed by atoms with van der Waals surface area (Å²) in [5.41, 5.74) is 0.933. The number of benzene rings is 1. The first kappa shape index (κ1) is 22.5. The van der Waals surface area contributed by atoms with E-state index in [0.717, 1.165) is 44.7 Å². The van der Waals surface area contributed by atoms with Crippen LogP contribution in [0.2, 0.25) is 5.02 Å². The number of hydrogen-bond acceptors (Lipinski definition) is 3. The van der Waals surface area contributed by atoms with Crippen LogP contribution in [0.4, 0.5) is 4.39 Å². The van der Waals surface area contributed by atoms with Gasteiger partial charge in [0, 0.05) is 50.2 Å². The van der Waals surface area contributed by atoms with Crippen molar-refractivity contribution < 1.29 is 9.18 Å². The topological polar surface area (TPSA) is 35.6 Å². The van der Waals surface area contributed by atoms with Crippen LogP contribution in [-0.4, -0.2) is 54.5 Å². The molecule has 8 heteroatoms. The molecule has 2 heterocycles. The molecule has 0 aromatic heterocycles. The fourth-order valence-corrected chi connectivity index (χ4v) is 3.54. The van der Waals surface area contributed by atoms with Crippen molar-refractivity contribution in [2.45, 2.75) is 31.8 Å². The Morgan fingerprint density at radius 2 is 1.96 bits per heavy atom. The number of carbonyl (C=O) groups excluding carboxylic acids is 1. The second-order valence-electron chi connectivity index (χ2n) is 6.39. The number of rotatable bonds is 4. The van der Waals surface area contributed by atoms with Crippen LogP contribution in [0.3, 0.4) is 0 Å². The molecule has 1 N–H and O–H groups in total. The molecule has 2 fully saturated rings. The van der Waals surface area contributed by atoms with Crippen LogP contribution < -0.4 is 5.32 Å². The Labute approximate surface area is 165 Å². The number of amides is 1. The maximum atomic E-state index is 13.1. The van der Waals surface area contributed by atoms with E-state index >= 15 is 0 Å². The smallest absolute Gasteiger partial charge is 0.224 e. The second-order valence-corrected chi connectivity index (χ2v) is 6.80. The average molecular weight is 413 g/mol. The fraction of sp³-hybridized carbons (Fsp3) is 0.588. The number of nitrogens with one attached hydrogen (secondary N) is 1. The van der Waals surface area contributed by atoms with E-state index in [1.54, 1.807) is 6.07 Å². The number of carbonyl (C=O) groups is 1. The normalized spacial score (nSPS) is 20.7. The number of hydrogen-bond donors (Lipinski definition) is 1. The summed E-state index contributed by atoms with van der Waals surface area (Å²) in [6.07, 6.45) is 2.89. The molecule has 1 atom stereocenters. The number of piperazine rings is 1. The summed E-state index contributed by atoms with van der Waals surface area (Å²) in [5.74, 6) is -0.0569. The Kier molecular flexibility index (Phi) is 9.46. The van der Waals surface area contributed by atoms with E-state index in [9.17, 15) is 9.18 Å². The van der Waals surface area contributed by atoms with Crippen molar-refractivity contribution >= 4 is 42.3 Å². The van der Waals surface area contributed by atoms with Crippen molar-refractivity contribution in [1.29, 1.82) is 0 Å². The van der Waals surface area contributed by atoms with Gasteiger partial charge in [-0.2, -0.15) is 0 Å². The molecule has 1 aromatic rings. The Bertz CT molecular complexity index is 562. The van der Waals surface area contributed by atoms with Gasteiger partial charge in [-0.25, -0.2) is 4.39 Å². The van der Waals surface area contributed by atoms with E-state index in [1.165, 1.54) is 18.6 Å². The van der Waals surface area contributed by atoms with Crippen molar-refractivity contribution in [2.75, 3.05) is 32.7 Å². The molecule has 1 aromatic carbocycles. The largest absolute Gasteiger partial charge is 0.340 e.